The van der Waals surface area contributed by atoms with Gasteiger partial charge in [-0.05, 0) is 30.7 Å². The van der Waals surface area contributed by atoms with Crippen molar-refractivity contribution < 1.29 is 0 Å². The molecule has 0 N–H and O–H groups in total. The van der Waals surface area contributed by atoms with Gasteiger partial charge in [0.25, 0.3) is 0 Å². The van der Waals surface area contributed by atoms with Gasteiger partial charge in [-0.3, -0.25) is 0 Å². The molecular formula is C14H23N3. The standard InChI is InChI=1S/C14H23N3/c1-3-5-13-6-8-17(9-7-13)14-15-10-12(4-2)11-16-14/h10-11,13H,3-9H2,1-2H3. The number of hydrogen-bond acceptors (Lipinski definition) is 3. The fourth-order valence-electron chi connectivity index (χ4n) is 2.52. The lowest BCUT2D eigenvalue weighted by Gasteiger charge is -2.31. The lowest BCUT2D eigenvalue weighted by molar-refractivity contribution is 0.376. The largest absolute Gasteiger partial charge is 0.341 e. The molecule has 1 aromatic heterocycles. The molecule has 0 spiro atoms. The summed E-state index contributed by atoms with van der Waals surface area (Å²) in [6, 6.07) is 0. The number of hydrogen-bond donors (Lipinski definition) is 0. The van der Waals surface area contributed by atoms with Crippen molar-refractivity contribution in [2.24, 2.45) is 5.92 Å². The lowest BCUT2D eigenvalue weighted by Crippen LogP contribution is -2.34. The molecule has 0 amide bonds. The van der Waals surface area contributed by atoms with E-state index in [0.717, 1.165) is 31.4 Å². The summed E-state index contributed by atoms with van der Waals surface area (Å²) < 4.78 is 0. The van der Waals surface area contributed by atoms with Crippen molar-refractivity contribution in [1.82, 2.24) is 9.97 Å². The van der Waals surface area contributed by atoms with E-state index in [1.165, 1.54) is 31.2 Å². The Morgan fingerprint density at radius 3 is 2.35 bits per heavy atom. The average molecular weight is 233 g/mol. The summed E-state index contributed by atoms with van der Waals surface area (Å²) in [5.41, 5.74) is 1.22. The predicted octanol–water partition coefficient (Wildman–Crippen LogP) is 3.06. The van der Waals surface area contributed by atoms with Gasteiger partial charge in [0.15, 0.2) is 0 Å². The number of nitrogens with zero attached hydrogens (tertiary/aromatic N) is 3. The third-order valence-corrected chi connectivity index (χ3v) is 3.69. The molecule has 0 atom stereocenters. The van der Waals surface area contributed by atoms with E-state index in [1.54, 1.807) is 0 Å². The van der Waals surface area contributed by atoms with E-state index in [2.05, 4.69) is 28.7 Å². The Hall–Kier alpha value is -1.12. The molecule has 0 saturated carbocycles. The summed E-state index contributed by atoms with van der Waals surface area (Å²) in [4.78, 5) is 11.2. The first-order valence-electron chi connectivity index (χ1n) is 6.89. The summed E-state index contributed by atoms with van der Waals surface area (Å²) in [6.45, 7) is 6.65. The second kappa shape index (κ2) is 5.99. The number of aromatic nitrogens is 2. The van der Waals surface area contributed by atoms with E-state index in [1.807, 2.05) is 12.4 Å². The van der Waals surface area contributed by atoms with Crippen molar-refractivity contribution in [2.45, 2.75) is 46.0 Å². The first-order chi connectivity index (χ1) is 8.33. The Bertz CT molecular complexity index is 326. The Morgan fingerprint density at radius 1 is 1.18 bits per heavy atom. The van der Waals surface area contributed by atoms with Crippen LogP contribution in [0.25, 0.3) is 0 Å². The third kappa shape index (κ3) is 3.18. The summed E-state index contributed by atoms with van der Waals surface area (Å²) in [5, 5.41) is 0. The van der Waals surface area contributed by atoms with Gasteiger partial charge in [-0.15, -0.1) is 0 Å². The molecule has 3 nitrogen and oxygen atoms in total. The molecule has 1 aromatic rings. The van der Waals surface area contributed by atoms with E-state index in [4.69, 9.17) is 0 Å². The summed E-state index contributed by atoms with van der Waals surface area (Å²) in [6.07, 6.45) is 10.2. The average Bonchev–Trinajstić information content (AvgIpc) is 2.40. The van der Waals surface area contributed by atoms with E-state index < -0.39 is 0 Å². The molecule has 1 saturated heterocycles. The molecule has 2 rings (SSSR count). The van der Waals surface area contributed by atoms with Crippen molar-refractivity contribution in [3.8, 4) is 0 Å². The van der Waals surface area contributed by atoms with Gasteiger partial charge < -0.3 is 4.90 Å². The van der Waals surface area contributed by atoms with Gasteiger partial charge in [0, 0.05) is 25.5 Å². The Labute approximate surface area is 104 Å². The fourth-order valence-corrected chi connectivity index (χ4v) is 2.52. The van der Waals surface area contributed by atoms with E-state index in [0.29, 0.717) is 0 Å². The molecule has 2 heterocycles. The predicted molar refractivity (Wildman–Crippen MR) is 71.3 cm³/mol. The molecule has 0 radical (unpaired) electrons. The minimum absolute atomic E-state index is 0.914. The minimum Gasteiger partial charge on any atom is -0.341 e. The first-order valence-corrected chi connectivity index (χ1v) is 6.89. The Balaban J connectivity index is 1.91. The summed E-state index contributed by atoms with van der Waals surface area (Å²) >= 11 is 0. The van der Waals surface area contributed by atoms with Gasteiger partial charge in [-0.25, -0.2) is 9.97 Å². The highest BCUT2D eigenvalue weighted by atomic mass is 15.2. The van der Waals surface area contributed by atoms with Crippen LogP contribution in [-0.2, 0) is 6.42 Å². The highest BCUT2D eigenvalue weighted by Gasteiger charge is 2.19. The molecule has 0 bridgehead atoms. The second-order valence-corrected chi connectivity index (χ2v) is 4.96. The lowest BCUT2D eigenvalue weighted by atomic mass is 9.93. The van der Waals surface area contributed by atoms with Crippen LogP contribution in [0.3, 0.4) is 0 Å². The van der Waals surface area contributed by atoms with E-state index in [-0.39, 0.29) is 0 Å². The molecule has 1 aliphatic heterocycles. The van der Waals surface area contributed by atoms with Gasteiger partial charge >= 0.3 is 0 Å². The molecule has 94 valence electrons. The Kier molecular flexibility index (Phi) is 4.35. The van der Waals surface area contributed by atoms with Crippen molar-refractivity contribution >= 4 is 5.95 Å². The van der Waals surface area contributed by atoms with Crippen LogP contribution < -0.4 is 4.90 Å². The maximum atomic E-state index is 4.46. The van der Waals surface area contributed by atoms with Gasteiger partial charge in [-0.2, -0.15) is 0 Å². The molecule has 17 heavy (non-hydrogen) atoms. The molecule has 3 heteroatoms. The monoisotopic (exact) mass is 233 g/mol. The van der Waals surface area contributed by atoms with Crippen molar-refractivity contribution in [3.05, 3.63) is 18.0 Å². The highest BCUT2D eigenvalue weighted by molar-refractivity contribution is 5.30. The highest BCUT2D eigenvalue weighted by Crippen LogP contribution is 2.23. The summed E-state index contributed by atoms with van der Waals surface area (Å²) in [5.74, 6) is 1.84. The number of piperidine rings is 1. The van der Waals surface area contributed by atoms with Crippen molar-refractivity contribution in [1.29, 1.82) is 0 Å². The normalized spacial score (nSPS) is 17.4. The number of rotatable bonds is 4. The van der Waals surface area contributed by atoms with Crippen molar-refractivity contribution in [3.63, 3.8) is 0 Å². The van der Waals surface area contributed by atoms with Gasteiger partial charge in [-0.1, -0.05) is 26.7 Å². The van der Waals surface area contributed by atoms with Crippen LogP contribution in [0.5, 0.6) is 0 Å². The van der Waals surface area contributed by atoms with Crippen LogP contribution in [0.15, 0.2) is 12.4 Å². The van der Waals surface area contributed by atoms with Crippen LogP contribution in [-0.4, -0.2) is 23.1 Å². The van der Waals surface area contributed by atoms with Gasteiger partial charge in [0.2, 0.25) is 5.95 Å². The molecular weight excluding hydrogens is 210 g/mol. The number of anilines is 1. The zero-order chi connectivity index (χ0) is 12.1. The first kappa shape index (κ1) is 12.3. The van der Waals surface area contributed by atoms with E-state index in [9.17, 15) is 0 Å². The zero-order valence-corrected chi connectivity index (χ0v) is 11.0. The van der Waals surface area contributed by atoms with Crippen molar-refractivity contribution in [2.75, 3.05) is 18.0 Å². The molecule has 0 aliphatic carbocycles. The van der Waals surface area contributed by atoms with Crippen LogP contribution in [0.4, 0.5) is 5.95 Å². The van der Waals surface area contributed by atoms with Crippen LogP contribution in [0, 0.1) is 5.92 Å². The fraction of sp³-hybridized carbons (Fsp3) is 0.714. The van der Waals surface area contributed by atoms with Crippen LogP contribution in [0.1, 0.15) is 45.1 Å². The quantitative estimate of drug-likeness (QED) is 0.800. The topological polar surface area (TPSA) is 29.0 Å². The summed E-state index contributed by atoms with van der Waals surface area (Å²) in [7, 11) is 0. The number of aryl methyl sites for hydroxylation is 1. The van der Waals surface area contributed by atoms with Gasteiger partial charge in [0.05, 0.1) is 0 Å². The maximum absolute atomic E-state index is 4.46. The zero-order valence-electron chi connectivity index (χ0n) is 11.0. The second-order valence-electron chi connectivity index (χ2n) is 4.96. The Morgan fingerprint density at radius 2 is 1.82 bits per heavy atom. The SMILES string of the molecule is CCCC1CCN(c2ncc(CC)cn2)CC1. The van der Waals surface area contributed by atoms with Crippen LogP contribution in [0.2, 0.25) is 0 Å². The maximum Gasteiger partial charge on any atom is 0.225 e. The smallest absolute Gasteiger partial charge is 0.225 e. The molecule has 1 aliphatic rings. The van der Waals surface area contributed by atoms with Crippen LogP contribution >= 0.6 is 0 Å². The molecule has 0 unspecified atom stereocenters. The van der Waals surface area contributed by atoms with E-state index >= 15 is 0 Å². The third-order valence-electron chi connectivity index (χ3n) is 3.69. The minimum atomic E-state index is 0.914. The van der Waals surface area contributed by atoms with Gasteiger partial charge in [0.1, 0.15) is 0 Å². The molecule has 0 aromatic carbocycles. The molecule has 1 fully saturated rings.